The Morgan fingerprint density at radius 3 is 3.04 bits per heavy atom. The number of nitrogens with zero attached hydrogens (tertiary/aromatic N) is 1. The third-order valence-corrected chi connectivity index (χ3v) is 7.18. The van der Waals surface area contributed by atoms with E-state index in [2.05, 4.69) is 57.1 Å². The lowest BCUT2D eigenvalue weighted by molar-refractivity contribution is -0.137. The van der Waals surface area contributed by atoms with Crippen molar-refractivity contribution < 1.29 is 4.79 Å². The van der Waals surface area contributed by atoms with Crippen LogP contribution in [0.4, 0.5) is 0 Å². The SMILES string of the molecule is O=C1CCC[C@H]2C[C@H](NCc3cccc(I)c3)CC[C@]23CCCN13. The molecule has 1 spiro atoms. The predicted molar refractivity (Wildman–Crippen MR) is 105 cm³/mol. The molecule has 130 valence electrons. The topological polar surface area (TPSA) is 32.3 Å². The Morgan fingerprint density at radius 2 is 2.17 bits per heavy atom. The van der Waals surface area contributed by atoms with Gasteiger partial charge in [-0.3, -0.25) is 4.79 Å². The molecule has 2 heterocycles. The zero-order chi connectivity index (χ0) is 16.6. The average Bonchev–Trinajstić information content (AvgIpc) is 2.94. The van der Waals surface area contributed by atoms with Crippen LogP contribution in [-0.4, -0.2) is 28.9 Å². The molecule has 1 amide bonds. The minimum Gasteiger partial charge on any atom is -0.337 e. The number of hydrogen-bond acceptors (Lipinski definition) is 2. The monoisotopic (exact) mass is 438 g/mol. The number of hydrogen-bond donors (Lipinski definition) is 1. The van der Waals surface area contributed by atoms with Crippen LogP contribution in [0.25, 0.3) is 0 Å². The second kappa shape index (κ2) is 6.94. The molecule has 1 N–H and O–H groups in total. The molecule has 1 aromatic carbocycles. The Hall–Kier alpha value is -0.620. The third kappa shape index (κ3) is 3.12. The van der Waals surface area contributed by atoms with E-state index in [0.29, 0.717) is 17.9 Å². The second-order valence-electron chi connectivity index (χ2n) is 7.82. The van der Waals surface area contributed by atoms with E-state index >= 15 is 0 Å². The highest BCUT2D eigenvalue weighted by Gasteiger charge is 2.52. The fourth-order valence-electron chi connectivity index (χ4n) is 5.38. The van der Waals surface area contributed by atoms with Gasteiger partial charge in [0.25, 0.3) is 0 Å². The third-order valence-electron chi connectivity index (χ3n) is 6.51. The molecule has 4 heteroatoms. The van der Waals surface area contributed by atoms with Crippen LogP contribution in [0.3, 0.4) is 0 Å². The highest BCUT2D eigenvalue weighted by atomic mass is 127. The van der Waals surface area contributed by atoms with Crippen LogP contribution in [0.1, 0.15) is 56.9 Å². The molecule has 4 rings (SSSR count). The summed E-state index contributed by atoms with van der Waals surface area (Å²) in [4.78, 5) is 14.8. The summed E-state index contributed by atoms with van der Waals surface area (Å²) in [5.41, 5.74) is 1.59. The van der Waals surface area contributed by atoms with Gasteiger partial charge in [0.2, 0.25) is 5.91 Å². The van der Waals surface area contributed by atoms with Gasteiger partial charge in [0.05, 0.1) is 0 Å². The maximum absolute atomic E-state index is 12.5. The van der Waals surface area contributed by atoms with E-state index < -0.39 is 0 Å². The molecule has 0 unspecified atom stereocenters. The maximum atomic E-state index is 12.5. The lowest BCUT2D eigenvalue weighted by Crippen LogP contribution is -2.55. The number of rotatable bonds is 3. The van der Waals surface area contributed by atoms with E-state index in [-0.39, 0.29) is 5.54 Å². The molecular weight excluding hydrogens is 411 g/mol. The summed E-state index contributed by atoms with van der Waals surface area (Å²) in [5, 5.41) is 3.80. The average molecular weight is 438 g/mol. The first-order chi connectivity index (χ1) is 11.7. The minimum atomic E-state index is 0.216. The Bertz CT molecular complexity index is 619. The van der Waals surface area contributed by atoms with Gasteiger partial charge in [0.1, 0.15) is 0 Å². The summed E-state index contributed by atoms with van der Waals surface area (Å²) in [7, 11) is 0. The molecule has 2 aliphatic heterocycles. The summed E-state index contributed by atoms with van der Waals surface area (Å²) >= 11 is 2.38. The van der Waals surface area contributed by atoms with Gasteiger partial charge in [-0.2, -0.15) is 0 Å². The van der Waals surface area contributed by atoms with Crippen molar-refractivity contribution in [1.82, 2.24) is 10.2 Å². The first-order valence-electron chi connectivity index (χ1n) is 9.46. The predicted octanol–water partition coefficient (Wildman–Crippen LogP) is 4.09. The Kier molecular flexibility index (Phi) is 4.87. The number of carbonyl (C=O) groups excluding carboxylic acids is 1. The van der Waals surface area contributed by atoms with Crippen molar-refractivity contribution in [3.8, 4) is 0 Å². The molecule has 1 saturated carbocycles. The molecule has 0 aromatic heterocycles. The van der Waals surface area contributed by atoms with E-state index in [9.17, 15) is 4.79 Å². The summed E-state index contributed by atoms with van der Waals surface area (Å²) in [5.74, 6) is 1.13. The van der Waals surface area contributed by atoms with Gasteiger partial charge in [-0.05, 0) is 91.2 Å². The number of nitrogens with one attached hydrogen (secondary N) is 1. The van der Waals surface area contributed by atoms with Crippen molar-refractivity contribution in [1.29, 1.82) is 0 Å². The quantitative estimate of drug-likeness (QED) is 0.721. The molecule has 1 aliphatic carbocycles. The lowest BCUT2D eigenvalue weighted by atomic mass is 9.68. The molecule has 0 radical (unpaired) electrons. The molecule has 0 bridgehead atoms. The number of benzene rings is 1. The van der Waals surface area contributed by atoms with Crippen LogP contribution in [-0.2, 0) is 11.3 Å². The van der Waals surface area contributed by atoms with E-state index in [4.69, 9.17) is 0 Å². The molecule has 3 aliphatic rings. The van der Waals surface area contributed by atoms with Crippen molar-refractivity contribution in [3.63, 3.8) is 0 Å². The van der Waals surface area contributed by atoms with Crippen LogP contribution in [0.2, 0.25) is 0 Å². The molecule has 3 nitrogen and oxygen atoms in total. The van der Waals surface area contributed by atoms with Crippen LogP contribution >= 0.6 is 22.6 Å². The van der Waals surface area contributed by atoms with Gasteiger partial charge < -0.3 is 10.2 Å². The van der Waals surface area contributed by atoms with E-state index in [1.165, 1.54) is 47.7 Å². The highest BCUT2D eigenvalue weighted by molar-refractivity contribution is 14.1. The molecule has 3 fully saturated rings. The lowest BCUT2D eigenvalue weighted by Gasteiger charge is -2.48. The Labute approximate surface area is 158 Å². The van der Waals surface area contributed by atoms with Gasteiger partial charge in [-0.15, -0.1) is 0 Å². The molecule has 3 atom stereocenters. The number of amides is 1. The van der Waals surface area contributed by atoms with E-state index in [1.54, 1.807) is 0 Å². The van der Waals surface area contributed by atoms with Crippen molar-refractivity contribution in [2.45, 2.75) is 69.5 Å². The van der Waals surface area contributed by atoms with Gasteiger partial charge in [0, 0.05) is 34.7 Å². The first-order valence-corrected chi connectivity index (χ1v) is 10.5. The molecule has 2 saturated heterocycles. The van der Waals surface area contributed by atoms with Crippen LogP contribution < -0.4 is 5.32 Å². The van der Waals surface area contributed by atoms with E-state index in [1.807, 2.05) is 0 Å². The largest absolute Gasteiger partial charge is 0.337 e. The second-order valence-corrected chi connectivity index (χ2v) is 9.07. The van der Waals surface area contributed by atoms with Crippen LogP contribution in [0.5, 0.6) is 0 Å². The summed E-state index contributed by atoms with van der Waals surface area (Å²) in [6.45, 7) is 1.97. The van der Waals surface area contributed by atoms with Crippen LogP contribution in [0.15, 0.2) is 24.3 Å². The fraction of sp³-hybridized carbons (Fsp3) is 0.650. The first kappa shape index (κ1) is 16.8. The number of halogens is 1. The summed E-state index contributed by atoms with van der Waals surface area (Å²) < 4.78 is 1.30. The molecule has 24 heavy (non-hydrogen) atoms. The molecule has 1 aromatic rings. The minimum absolute atomic E-state index is 0.216. The molecular formula is C20H27IN2O. The Balaban J connectivity index is 1.42. The van der Waals surface area contributed by atoms with E-state index in [0.717, 1.165) is 25.9 Å². The van der Waals surface area contributed by atoms with Gasteiger partial charge in [0.15, 0.2) is 0 Å². The highest BCUT2D eigenvalue weighted by Crippen LogP contribution is 2.49. The fourth-order valence-corrected chi connectivity index (χ4v) is 5.99. The summed E-state index contributed by atoms with van der Waals surface area (Å²) in [6, 6.07) is 9.37. The van der Waals surface area contributed by atoms with Gasteiger partial charge >= 0.3 is 0 Å². The maximum Gasteiger partial charge on any atom is 0.223 e. The van der Waals surface area contributed by atoms with Gasteiger partial charge in [-0.1, -0.05) is 12.1 Å². The summed E-state index contributed by atoms with van der Waals surface area (Å²) in [6.07, 6.45) is 9.22. The van der Waals surface area contributed by atoms with Crippen molar-refractivity contribution in [2.75, 3.05) is 6.54 Å². The standard InChI is InChI=1S/C20H27IN2O/c21-17-6-1-4-15(12-17)14-22-18-8-10-20-9-3-11-23(20)19(24)7-2-5-16(20)13-18/h1,4,6,12,16,18,22H,2-3,5,7-11,13-14H2/t16-,18+,20+/m0/s1. The van der Waals surface area contributed by atoms with Crippen LogP contribution in [0, 0.1) is 9.49 Å². The zero-order valence-electron chi connectivity index (χ0n) is 14.3. The van der Waals surface area contributed by atoms with Crippen molar-refractivity contribution in [3.05, 3.63) is 33.4 Å². The van der Waals surface area contributed by atoms with Crippen molar-refractivity contribution in [2.24, 2.45) is 5.92 Å². The van der Waals surface area contributed by atoms with Crippen molar-refractivity contribution >= 4 is 28.5 Å². The smallest absolute Gasteiger partial charge is 0.223 e. The van der Waals surface area contributed by atoms with Gasteiger partial charge in [-0.25, -0.2) is 0 Å². The normalized spacial score (nSPS) is 33.0. The Morgan fingerprint density at radius 1 is 1.25 bits per heavy atom. The number of carbonyl (C=O) groups is 1. The zero-order valence-corrected chi connectivity index (χ0v) is 16.4.